The molecule has 50 valence electrons. The number of hydrogen-bond donors (Lipinski definition) is 0. The smallest absolute Gasteiger partial charge is 1.00 e. The van der Waals surface area contributed by atoms with E-state index in [0.717, 1.165) is 4.47 Å². The van der Waals surface area contributed by atoms with E-state index in [2.05, 4.69) is 22.0 Å². The fourth-order valence-corrected chi connectivity index (χ4v) is 0.634. The molecule has 0 heterocycles. The van der Waals surface area contributed by atoms with Gasteiger partial charge in [-0.2, -0.15) is 12.1 Å². The molecule has 0 saturated carbocycles. The Morgan fingerprint density at radius 2 is 2.00 bits per heavy atom. The molecule has 1 rings (SSSR count). The van der Waals surface area contributed by atoms with E-state index in [0.29, 0.717) is 0 Å². The summed E-state index contributed by atoms with van der Waals surface area (Å²) in [5, 5.41) is 0. The minimum absolute atomic E-state index is 0. The van der Waals surface area contributed by atoms with Crippen molar-refractivity contribution in [2.45, 2.75) is 0 Å². The SMILES string of the molecule is Fc1c[c-]c(Br)cc1.[I-].[Mg+2]. The zero-order chi connectivity index (χ0) is 5.98. The summed E-state index contributed by atoms with van der Waals surface area (Å²) < 4.78 is 12.8. The van der Waals surface area contributed by atoms with Crippen molar-refractivity contribution in [3.8, 4) is 0 Å². The zero-order valence-electron chi connectivity index (χ0n) is 5.07. The second kappa shape index (κ2) is 6.81. The van der Waals surface area contributed by atoms with Crippen LogP contribution in [-0.2, 0) is 0 Å². The van der Waals surface area contributed by atoms with Gasteiger partial charge in [0.15, 0.2) is 0 Å². The van der Waals surface area contributed by atoms with Crippen LogP contribution in [0.25, 0.3) is 0 Å². The fraction of sp³-hybridized carbons (Fsp3) is 0. The van der Waals surface area contributed by atoms with E-state index in [-0.39, 0.29) is 52.8 Å². The van der Waals surface area contributed by atoms with Gasteiger partial charge >= 0.3 is 23.1 Å². The third-order valence-electron chi connectivity index (χ3n) is 0.737. The van der Waals surface area contributed by atoms with Gasteiger partial charge in [-0.15, -0.1) is 12.1 Å². The van der Waals surface area contributed by atoms with Crippen molar-refractivity contribution in [2.75, 3.05) is 0 Å². The molecule has 0 aromatic heterocycles. The average Bonchev–Trinajstić information content (AvgIpc) is 1.77. The molecule has 0 fully saturated rings. The van der Waals surface area contributed by atoms with E-state index in [9.17, 15) is 4.39 Å². The molecule has 0 radical (unpaired) electrons. The Morgan fingerprint density at radius 1 is 1.40 bits per heavy atom. The topological polar surface area (TPSA) is 0 Å². The van der Waals surface area contributed by atoms with Crippen molar-refractivity contribution in [2.24, 2.45) is 0 Å². The molecule has 0 N–H and O–H groups in total. The molecule has 0 aliphatic carbocycles. The van der Waals surface area contributed by atoms with E-state index in [1.807, 2.05) is 0 Å². The van der Waals surface area contributed by atoms with Gasteiger partial charge in [-0.05, 0) is 0 Å². The van der Waals surface area contributed by atoms with E-state index in [1.54, 1.807) is 6.07 Å². The van der Waals surface area contributed by atoms with Crippen LogP contribution in [0.1, 0.15) is 0 Å². The quantitative estimate of drug-likeness (QED) is 0.327. The molecule has 4 heteroatoms. The second-order valence-corrected chi connectivity index (χ2v) is 2.21. The van der Waals surface area contributed by atoms with Crippen LogP contribution in [0.5, 0.6) is 0 Å². The normalized spacial score (nSPS) is 7.40. The number of rotatable bonds is 0. The van der Waals surface area contributed by atoms with Gasteiger partial charge in [0.2, 0.25) is 0 Å². The Hall–Kier alpha value is 1.13. The van der Waals surface area contributed by atoms with Crippen molar-refractivity contribution in [3.63, 3.8) is 0 Å². The van der Waals surface area contributed by atoms with E-state index in [1.165, 1.54) is 12.1 Å². The molecule has 0 aliphatic heterocycles. The molecule has 0 spiro atoms. The molecule has 0 atom stereocenters. The maximum atomic E-state index is 12.0. The van der Waals surface area contributed by atoms with Gasteiger partial charge in [-0.3, -0.25) is 4.39 Å². The third-order valence-corrected chi connectivity index (χ3v) is 1.23. The Balaban J connectivity index is 0. The average molecular weight is 325 g/mol. The van der Waals surface area contributed by atoms with Crippen LogP contribution in [0.4, 0.5) is 4.39 Å². The second-order valence-electron chi connectivity index (χ2n) is 1.35. The fourth-order valence-electron chi connectivity index (χ4n) is 0.387. The molecule has 1 aromatic carbocycles. The van der Waals surface area contributed by atoms with Gasteiger partial charge in [-0.1, -0.05) is 20.4 Å². The maximum absolute atomic E-state index is 12.0. The summed E-state index contributed by atoms with van der Waals surface area (Å²) in [4.78, 5) is 0. The predicted octanol–water partition coefficient (Wildman–Crippen LogP) is -0.988. The number of benzene rings is 1. The summed E-state index contributed by atoms with van der Waals surface area (Å²) >= 11 is 3.12. The van der Waals surface area contributed by atoms with Crippen LogP contribution in [0, 0.1) is 11.9 Å². The van der Waals surface area contributed by atoms with Crippen molar-refractivity contribution in [1.82, 2.24) is 0 Å². The number of halogens is 3. The molecule has 0 aliphatic rings. The Morgan fingerprint density at radius 3 is 2.30 bits per heavy atom. The van der Waals surface area contributed by atoms with Gasteiger partial charge in [0.25, 0.3) is 0 Å². The minimum Gasteiger partial charge on any atom is -1.00 e. The molecule has 0 saturated heterocycles. The Labute approximate surface area is 101 Å². The van der Waals surface area contributed by atoms with E-state index >= 15 is 0 Å². The van der Waals surface area contributed by atoms with Crippen LogP contribution in [0.2, 0.25) is 0 Å². The molecular weight excluding hydrogens is 322 g/mol. The summed E-state index contributed by atoms with van der Waals surface area (Å²) in [6.07, 6.45) is 0. The summed E-state index contributed by atoms with van der Waals surface area (Å²) in [5.74, 6) is -0.256. The first-order valence-electron chi connectivity index (χ1n) is 2.12. The standard InChI is InChI=1S/C6H3BrF.HI.Mg/c7-5-1-3-6(8)4-2-5;;/h1,3-4H;1H;/q-1;;+2/p-1. The first-order chi connectivity index (χ1) is 3.79. The molecule has 0 bridgehead atoms. The van der Waals surface area contributed by atoms with Gasteiger partial charge in [-0.25, -0.2) is 0 Å². The van der Waals surface area contributed by atoms with Crippen LogP contribution in [-0.4, -0.2) is 23.1 Å². The molecule has 0 amide bonds. The van der Waals surface area contributed by atoms with Crippen molar-refractivity contribution in [1.29, 1.82) is 0 Å². The van der Waals surface area contributed by atoms with Gasteiger partial charge in [0.05, 0.1) is 0 Å². The predicted molar refractivity (Wildman–Crippen MR) is 38.7 cm³/mol. The van der Waals surface area contributed by atoms with E-state index in [4.69, 9.17) is 0 Å². The summed E-state index contributed by atoms with van der Waals surface area (Å²) in [7, 11) is 0. The minimum atomic E-state index is -0.256. The first-order valence-corrected chi connectivity index (χ1v) is 2.91. The monoisotopic (exact) mass is 324 g/mol. The summed E-state index contributed by atoms with van der Waals surface area (Å²) in [6, 6.07) is 6.91. The first kappa shape index (κ1) is 13.7. The molecule has 0 nitrogen and oxygen atoms in total. The van der Waals surface area contributed by atoms with Crippen LogP contribution in [0.15, 0.2) is 22.7 Å². The Bertz CT molecular complexity index is 157. The van der Waals surface area contributed by atoms with Gasteiger partial charge < -0.3 is 24.0 Å². The summed E-state index contributed by atoms with van der Waals surface area (Å²) in [5.41, 5.74) is 0. The Kier molecular flexibility index (Phi) is 9.33. The molecule has 0 unspecified atom stereocenters. The molecule has 10 heavy (non-hydrogen) atoms. The van der Waals surface area contributed by atoms with Gasteiger partial charge in [0.1, 0.15) is 0 Å². The largest absolute Gasteiger partial charge is 2.00 e. The van der Waals surface area contributed by atoms with Crippen molar-refractivity contribution < 1.29 is 28.4 Å². The number of hydrogen-bond acceptors (Lipinski definition) is 0. The maximum Gasteiger partial charge on any atom is 2.00 e. The van der Waals surface area contributed by atoms with Crippen LogP contribution >= 0.6 is 15.9 Å². The molecule has 1 aromatic rings. The van der Waals surface area contributed by atoms with Crippen LogP contribution < -0.4 is 24.0 Å². The van der Waals surface area contributed by atoms with Crippen molar-refractivity contribution >= 4 is 39.0 Å². The zero-order valence-corrected chi connectivity index (χ0v) is 10.2. The van der Waals surface area contributed by atoms with Gasteiger partial charge in [0, 0.05) is 5.82 Å². The van der Waals surface area contributed by atoms with Crippen LogP contribution in [0.3, 0.4) is 0 Å². The molecular formula is C6H3BrFIMg. The summed E-state index contributed by atoms with van der Waals surface area (Å²) in [6.45, 7) is 0. The van der Waals surface area contributed by atoms with Crippen molar-refractivity contribution in [3.05, 3.63) is 34.6 Å². The van der Waals surface area contributed by atoms with E-state index < -0.39 is 0 Å². The third kappa shape index (κ3) is 4.87.